The summed E-state index contributed by atoms with van der Waals surface area (Å²) in [7, 11) is 0. The molecule has 0 bridgehead atoms. The number of nitrogens with one attached hydrogen (secondary N) is 2. The number of benzene rings is 1. The summed E-state index contributed by atoms with van der Waals surface area (Å²) in [4.78, 5) is 30.5. The van der Waals surface area contributed by atoms with E-state index in [1.54, 1.807) is 12.1 Å². The Balaban J connectivity index is 2.29. The first-order chi connectivity index (χ1) is 10.0. The third-order valence-electron chi connectivity index (χ3n) is 3.88. The van der Waals surface area contributed by atoms with Crippen LogP contribution >= 0.6 is 0 Å². The third kappa shape index (κ3) is 2.95. The Morgan fingerprint density at radius 3 is 2.62 bits per heavy atom. The number of H-pyrrole nitrogens is 1. The number of nitrogens with zero attached hydrogens (tertiary/aromatic N) is 1. The van der Waals surface area contributed by atoms with Crippen LogP contribution < -0.4 is 10.9 Å². The van der Waals surface area contributed by atoms with Crippen molar-refractivity contribution >= 4 is 17.0 Å². The summed E-state index contributed by atoms with van der Waals surface area (Å²) < 4.78 is 0. The van der Waals surface area contributed by atoms with E-state index in [0.717, 1.165) is 0 Å². The molecule has 0 atom stereocenters. The molecule has 0 saturated heterocycles. The number of carboxylic acids is 1. The molecule has 0 radical (unpaired) electrons. The topological polar surface area (TPSA) is 95.1 Å². The molecule has 112 valence electrons. The summed E-state index contributed by atoms with van der Waals surface area (Å²) in [6.07, 6.45) is 0.870. The molecular weight excluding hydrogens is 270 g/mol. The highest BCUT2D eigenvalue weighted by atomic mass is 16.4. The van der Waals surface area contributed by atoms with E-state index >= 15 is 0 Å². The number of aliphatic carboxylic acids is 1. The number of para-hydroxylation sites is 2. The van der Waals surface area contributed by atoms with Crippen molar-refractivity contribution in [3.05, 3.63) is 40.3 Å². The molecule has 21 heavy (non-hydrogen) atoms. The highest BCUT2D eigenvalue weighted by molar-refractivity contribution is 5.78. The fraction of sp³-hybridized carbons (Fsp3) is 0.400. The molecule has 0 aliphatic heterocycles. The molecule has 1 heterocycles. The van der Waals surface area contributed by atoms with E-state index in [1.165, 1.54) is 0 Å². The van der Waals surface area contributed by atoms with Crippen molar-refractivity contribution < 1.29 is 9.90 Å². The highest BCUT2D eigenvalue weighted by Crippen LogP contribution is 2.16. The lowest BCUT2D eigenvalue weighted by molar-refractivity contribution is -0.145. The third-order valence-corrected chi connectivity index (χ3v) is 3.88. The van der Waals surface area contributed by atoms with Crippen molar-refractivity contribution in [1.82, 2.24) is 15.3 Å². The van der Waals surface area contributed by atoms with E-state index in [1.807, 2.05) is 26.0 Å². The van der Waals surface area contributed by atoms with Gasteiger partial charge in [0.25, 0.3) is 5.56 Å². The molecular formula is C15H19N3O3. The van der Waals surface area contributed by atoms with Crippen molar-refractivity contribution in [2.75, 3.05) is 0 Å². The van der Waals surface area contributed by atoms with E-state index in [4.69, 9.17) is 0 Å². The zero-order valence-electron chi connectivity index (χ0n) is 12.1. The van der Waals surface area contributed by atoms with Crippen molar-refractivity contribution in [2.45, 2.75) is 38.8 Å². The first-order valence-electron chi connectivity index (χ1n) is 6.98. The van der Waals surface area contributed by atoms with Crippen LogP contribution in [0.5, 0.6) is 0 Å². The van der Waals surface area contributed by atoms with Crippen LogP contribution in [0.2, 0.25) is 0 Å². The summed E-state index contributed by atoms with van der Waals surface area (Å²) in [5, 5.41) is 12.3. The van der Waals surface area contributed by atoms with Crippen molar-refractivity contribution in [1.29, 1.82) is 0 Å². The van der Waals surface area contributed by atoms with Crippen LogP contribution in [-0.2, 0) is 11.3 Å². The molecule has 0 spiro atoms. The second-order valence-electron chi connectivity index (χ2n) is 4.98. The lowest BCUT2D eigenvalue weighted by Gasteiger charge is -2.27. The maximum Gasteiger partial charge on any atom is 0.323 e. The standard InChI is InChI=1S/C15H19N3O3/c1-3-15(4-2,14(20)21)16-9-12-13(19)18-11-8-6-5-7-10(11)17-12/h5-8,16H,3-4,9H2,1-2H3,(H,18,19)(H,20,21). The zero-order valence-corrected chi connectivity index (χ0v) is 12.1. The van der Waals surface area contributed by atoms with Gasteiger partial charge in [0.1, 0.15) is 11.2 Å². The Labute approximate surface area is 122 Å². The Morgan fingerprint density at radius 2 is 2.00 bits per heavy atom. The van der Waals surface area contributed by atoms with Gasteiger partial charge < -0.3 is 10.1 Å². The second kappa shape index (κ2) is 6.05. The van der Waals surface area contributed by atoms with Crippen LogP contribution in [0.25, 0.3) is 11.0 Å². The summed E-state index contributed by atoms with van der Waals surface area (Å²) in [5.41, 5.74) is 0.318. The van der Waals surface area contributed by atoms with Gasteiger partial charge in [-0.1, -0.05) is 26.0 Å². The van der Waals surface area contributed by atoms with Gasteiger partial charge >= 0.3 is 5.97 Å². The molecule has 0 fully saturated rings. The van der Waals surface area contributed by atoms with Gasteiger partial charge in [0, 0.05) is 6.54 Å². The number of hydrogen-bond donors (Lipinski definition) is 3. The summed E-state index contributed by atoms with van der Waals surface area (Å²) >= 11 is 0. The van der Waals surface area contributed by atoms with Gasteiger partial charge in [-0.05, 0) is 25.0 Å². The lowest BCUT2D eigenvalue weighted by Crippen LogP contribution is -2.51. The minimum atomic E-state index is -1.03. The molecule has 3 N–H and O–H groups in total. The maximum atomic E-state index is 12.0. The number of carbonyl (C=O) groups is 1. The minimum Gasteiger partial charge on any atom is -0.480 e. The number of carboxylic acid groups (broad SMARTS) is 1. The van der Waals surface area contributed by atoms with Crippen molar-refractivity contribution in [3.8, 4) is 0 Å². The van der Waals surface area contributed by atoms with Gasteiger partial charge in [-0.3, -0.25) is 14.9 Å². The van der Waals surface area contributed by atoms with E-state index in [9.17, 15) is 14.7 Å². The van der Waals surface area contributed by atoms with Gasteiger partial charge in [-0.15, -0.1) is 0 Å². The predicted molar refractivity (Wildman–Crippen MR) is 80.2 cm³/mol. The number of fused-ring (bicyclic) bond motifs is 1. The molecule has 0 aliphatic rings. The molecule has 2 aromatic rings. The van der Waals surface area contributed by atoms with E-state index in [-0.39, 0.29) is 12.1 Å². The molecule has 0 unspecified atom stereocenters. The largest absolute Gasteiger partial charge is 0.480 e. The lowest BCUT2D eigenvalue weighted by atomic mass is 9.93. The number of rotatable bonds is 6. The maximum absolute atomic E-state index is 12.0. The van der Waals surface area contributed by atoms with Crippen LogP contribution in [-0.4, -0.2) is 26.6 Å². The van der Waals surface area contributed by atoms with Crippen LogP contribution in [0.4, 0.5) is 0 Å². The first kappa shape index (κ1) is 15.2. The Hall–Kier alpha value is -2.21. The molecule has 0 amide bonds. The monoisotopic (exact) mass is 289 g/mol. The van der Waals surface area contributed by atoms with Gasteiger partial charge in [0.2, 0.25) is 0 Å². The smallest absolute Gasteiger partial charge is 0.323 e. The van der Waals surface area contributed by atoms with Gasteiger partial charge in [0.05, 0.1) is 11.0 Å². The number of aromatic nitrogens is 2. The number of aromatic amines is 1. The van der Waals surface area contributed by atoms with Gasteiger partial charge in [-0.2, -0.15) is 0 Å². The molecule has 0 saturated carbocycles. The van der Waals surface area contributed by atoms with Crippen LogP contribution in [0.3, 0.4) is 0 Å². The van der Waals surface area contributed by atoms with Crippen molar-refractivity contribution in [2.24, 2.45) is 0 Å². The summed E-state index contributed by atoms with van der Waals surface area (Å²) in [5.74, 6) is -0.912. The van der Waals surface area contributed by atoms with Gasteiger partial charge in [0.15, 0.2) is 0 Å². The zero-order chi connectivity index (χ0) is 15.5. The molecule has 2 rings (SSSR count). The predicted octanol–water partition coefficient (Wildman–Crippen LogP) is 1.66. The fourth-order valence-corrected chi connectivity index (χ4v) is 2.32. The molecule has 0 aliphatic carbocycles. The molecule has 6 nitrogen and oxygen atoms in total. The van der Waals surface area contributed by atoms with Gasteiger partial charge in [-0.25, -0.2) is 4.98 Å². The summed E-state index contributed by atoms with van der Waals surface area (Å²) in [6.45, 7) is 3.74. The molecule has 6 heteroatoms. The van der Waals surface area contributed by atoms with E-state index in [0.29, 0.717) is 29.6 Å². The van der Waals surface area contributed by atoms with E-state index < -0.39 is 11.5 Å². The van der Waals surface area contributed by atoms with Crippen molar-refractivity contribution in [3.63, 3.8) is 0 Å². The van der Waals surface area contributed by atoms with Crippen LogP contribution in [0.15, 0.2) is 29.1 Å². The summed E-state index contributed by atoms with van der Waals surface area (Å²) in [6, 6.07) is 7.24. The molecule has 1 aromatic heterocycles. The number of hydrogen-bond acceptors (Lipinski definition) is 4. The quantitative estimate of drug-likeness (QED) is 0.751. The molecule has 1 aromatic carbocycles. The van der Waals surface area contributed by atoms with E-state index in [2.05, 4.69) is 15.3 Å². The first-order valence-corrected chi connectivity index (χ1v) is 6.98. The Kier molecular flexibility index (Phi) is 4.37. The average Bonchev–Trinajstić information content (AvgIpc) is 2.48. The normalized spacial score (nSPS) is 11.7. The van der Waals surface area contributed by atoms with Crippen LogP contribution in [0.1, 0.15) is 32.4 Å². The Morgan fingerprint density at radius 1 is 1.33 bits per heavy atom. The average molecular weight is 289 g/mol. The minimum absolute atomic E-state index is 0.119. The highest BCUT2D eigenvalue weighted by Gasteiger charge is 2.34. The van der Waals surface area contributed by atoms with Crippen LogP contribution in [0, 0.1) is 0 Å². The second-order valence-corrected chi connectivity index (χ2v) is 4.98. The SMILES string of the molecule is CCC(CC)(NCc1nc2ccccc2[nH]c1=O)C(=O)O. The fourth-order valence-electron chi connectivity index (χ4n) is 2.32. The Bertz CT molecular complexity index is 705.